The molecule has 158 valence electrons. The molecule has 0 bridgehead atoms. The van der Waals surface area contributed by atoms with E-state index in [1.807, 2.05) is 24.3 Å². The van der Waals surface area contributed by atoms with Crippen LogP contribution in [0.15, 0.2) is 54.1 Å². The third-order valence-corrected chi connectivity index (χ3v) is 4.84. The highest BCUT2D eigenvalue weighted by molar-refractivity contribution is 6.04. The lowest BCUT2D eigenvalue weighted by Crippen LogP contribution is -2.45. The Kier molecular flexibility index (Phi) is 6.95. The molecule has 0 spiro atoms. The molecule has 1 aliphatic rings. The van der Waals surface area contributed by atoms with Gasteiger partial charge in [0.25, 0.3) is 0 Å². The van der Waals surface area contributed by atoms with Crippen LogP contribution < -0.4 is 20.1 Å². The van der Waals surface area contributed by atoms with Gasteiger partial charge in [-0.1, -0.05) is 25.5 Å². The summed E-state index contributed by atoms with van der Waals surface area (Å²) >= 11 is 0. The molecule has 0 fully saturated rings. The van der Waals surface area contributed by atoms with Crippen molar-refractivity contribution in [1.29, 1.82) is 0 Å². The Balaban J connectivity index is 1.99. The molecule has 0 radical (unpaired) electrons. The fraction of sp³-hybridized carbons (Fsp3) is 0.304. The van der Waals surface area contributed by atoms with Crippen LogP contribution in [0.2, 0.25) is 0 Å². The molecule has 3 rings (SSSR count). The minimum absolute atomic E-state index is 0.321. The van der Waals surface area contributed by atoms with Gasteiger partial charge in [0.2, 0.25) is 0 Å². The molecule has 30 heavy (non-hydrogen) atoms. The van der Waals surface area contributed by atoms with Crippen LogP contribution in [0.25, 0.3) is 5.70 Å². The third-order valence-electron chi connectivity index (χ3n) is 4.84. The molecular weight excluding hydrogens is 384 g/mol. The van der Waals surface area contributed by atoms with Gasteiger partial charge in [-0.3, -0.25) is 0 Å². The molecule has 2 N–H and O–H groups in total. The van der Waals surface area contributed by atoms with Gasteiger partial charge >= 0.3 is 12.0 Å². The van der Waals surface area contributed by atoms with E-state index in [1.165, 1.54) is 7.11 Å². The third kappa shape index (κ3) is 4.74. The molecule has 0 aromatic heterocycles. The van der Waals surface area contributed by atoms with Gasteiger partial charge in [0.1, 0.15) is 11.5 Å². The fourth-order valence-electron chi connectivity index (χ4n) is 3.22. The number of ether oxygens (including phenoxy) is 3. The highest BCUT2D eigenvalue weighted by Gasteiger charge is 2.34. The van der Waals surface area contributed by atoms with Crippen molar-refractivity contribution in [3.05, 3.63) is 65.2 Å². The second-order valence-electron chi connectivity index (χ2n) is 6.81. The number of carbonyl (C=O) groups excluding carboxylic acids is 2. The number of hydrogen-bond donors (Lipinski definition) is 2. The van der Waals surface area contributed by atoms with Crippen LogP contribution >= 0.6 is 0 Å². The predicted molar refractivity (Wildman–Crippen MR) is 113 cm³/mol. The lowest BCUT2D eigenvalue weighted by Gasteiger charge is -2.29. The lowest BCUT2D eigenvalue weighted by molar-refractivity contribution is -0.136. The Hall–Kier alpha value is -3.48. The molecule has 1 heterocycles. The number of carbonyl (C=O) groups is 2. The van der Waals surface area contributed by atoms with E-state index in [0.29, 0.717) is 29.2 Å². The van der Waals surface area contributed by atoms with E-state index in [9.17, 15) is 9.59 Å². The van der Waals surface area contributed by atoms with Gasteiger partial charge in [0, 0.05) is 0 Å². The van der Waals surface area contributed by atoms with Crippen molar-refractivity contribution in [2.24, 2.45) is 0 Å². The van der Waals surface area contributed by atoms with Gasteiger partial charge in [-0.2, -0.15) is 0 Å². The van der Waals surface area contributed by atoms with E-state index in [4.69, 9.17) is 14.2 Å². The van der Waals surface area contributed by atoms with Crippen molar-refractivity contribution in [2.45, 2.75) is 25.8 Å². The van der Waals surface area contributed by atoms with Gasteiger partial charge < -0.3 is 24.8 Å². The van der Waals surface area contributed by atoms with E-state index in [1.54, 1.807) is 31.4 Å². The van der Waals surface area contributed by atoms with Crippen molar-refractivity contribution >= 4 is 17.7 Å². The van der Waals surface area contributed by atoms with Crippen LogP contribution in [0, 0.1) is 0 Å². The number of nitrogens with one attached hydrogen (secondary N) is 2. The first-order valence-corrected chi connectivity index (χ1v) is 9.84. The summed E-state index contributed by atoms with van der Waals surface area (Å²) in [4.78, 5) is 25.1. The molecule has 1 unspecified atom stereocenters. The number of hydrogen-bond acceptors (Lipinski definition) is 5. The van der Waals surface area contributed by atoms with E-state index in [-0.39, 0.29) is 0 Å². The molecule has 7 nitrogen and oxygen atoms in total. The zero-order valence-corrected chi connectivity index (χ0v) is 17.4. The molecule has 1 aliphatic heterocycles. The first-order valence-electron chi connectivity index (χ1n) is 9.84. The van der Waals surface area contributed by atoms with Crippen molar-refractivity contribution in [3.63, 3.8) is 0 Å². The normalized spacial score (nSPS) is 15.8. The SMILES string of the molecule is CCCCOc1ccc(C2NC(=O)NC(c3ccc(OC)cc3)=C2C(=O)OC)cc1. The quantitative estimate of drug-likeness (QED) is 0.511. The Morgan fingerprint density at radius 2 is 1.67 bits per heavy atom. The van der Waals surface area contributed by atoms with Gasteiger partial charge in [-0.15, -0.1) is 0 Å². The van der Waals surface area contributed by atoms with Gasteiger partial charge in [0.15, 0.2) is 0 Å². The number of rotatable bonds is 8. The molecule has 2 aromatic carbocycles. The second kappa shape index (κ2) is 9.82. The first-order chi connectivity index (χ1) is 14.6. The summed E-state index contributed by atoms with van der Waals surface area (Å²) in [6.45, 7) is 2.75. The lowest BCUT2D eigenvalue weighted by atomic mass is 9.92. The Morgan fingerprint density at radius 1 is 1.00 bits per heavy atom. The Morgan fingerprint density at radius 3 is 2.27 bits per heavy atom. The summed E-state index contributed by atoms with van der Waals surface area (Å²) in [6.07, 6.45) is 2.03. The van der Waals surface area contributed by atoms with Crippen LogP contribution in [0.3, 0.4) is 0 Å². The van der Waals surface area contributed by atoms with Crippen LogP contribution in [-0.4, -0.2) is 32.8 Å². The van der Waals surface area contributed by atoms with Gasteiger partial charge in [-0.25, -0.2) is 9.59 Å². The number of esters is 1. The summed E-state index contributed by atoms with van der Waals surface area (Å²) in [5.41, 5.74) is 2.15. The van der Waals surface area contributed by atoms with Crippen LogP contribution in [0.1, 0.15) is 36.9 Å². The summed E-state index contributed by atoms with van der Waals surface area (Å²) < 4.78 is 15.9. The molecule has 0 aliphatic carbocycles. The largest absolute Gasteiger partial charge is 0.497 e. The van der Waals surface area contributed by atoms with Crippen LogP contribution in [0.4, 0.5) is 4.79 Å². The summed E-state index contributed by atoms with van der Waals surface area (Å²) in [6, 6.07) is 13.4. The number of benzene rings is 2. The fourth-order valence-corrected chi connectivity index (χ4v) is 3.22. The number of amides is 2. The molecule has 2 amide bonds. The highest BCUT2D eigenvalue weighted by atomic mass is 16.5. The predicted octanol–water partition coefficient (Wildman–Crippen LogP) is 3.81. The average molecular weight is 410 g/mol. The summed E-state index contributed by atoms with van der Waals surface area (Å²) in [7, 11) is 2.89. The monoisotopic (exact) mass is 410 g/mol. The van der Waals surface area contributed by atoms with E-state index < -0.39 is 18.0 Å². The number of urea groups is 1. The zero-order chi connectivity index (χ0) is 21.5. The zero-order valence-electron chi connectivity index (χ0n) is 17.4. The maximum absolute atomic E-state index is 12.7. The Bertz CT molecular complexity index is 920. The maximum Gasteiger partial charge on any atom is 0.338 e. The van der Waals surface area contributed by atoms with Crippen LogP contribution in [-0.2, 0) is 9.53 Å². The highest BCUT2D eigenvalue weighted by Crippen LogP contribution is 2.33. The second-order valence-corrected chi connectivity index (χ2v) is 6.81. The van der Waals surface area contributed by atoms with Crippen molar-refractivity contribution in [2.75, 3.05) is 20.8 Å². The number of methoxy groups -OCH3 is 2. The van der Waals surface area contributed by atoms with Crippen LogP contribution in [0.5, 0.6) is 11.5 Å². The molecule has 1 atom stereocenters. The molecule has 7 heteroatoms. The van der Waals surface area contributed by atoms with Crippen molar-refractivity contribution in [1.82, 2.24) is 10.6 Å². The molecule has 0 saturated heterocycles. The molecule has 0 saturated carbocycles. The smallest absolute Gasteiger partial charge is 0.338 e. The molecule has 2 aromatic rings. The van der Waals surface area contributed by atoms with E-state index in [0.717, 1.165) is 24.2 Å². The minimum Gasteiger partial charge on any atom is -0.497 e. The van der Waals surface area contributed by atoms with Crippen molar-refractivity contribution < 1.29 is 23.8 Å². The Labute approximate surface area is 176 Å². The van der Waals surface area contributed by atoms with E-state index >= 15 is 0 Å². The average Bonchev–Trinajstić information content (AvgIpc) is 2.78. The van der Waals surface area contributed by atoms with E-state index in [2.05, 4.69) is 17.6 Å². The topological polar surface area (TPSA) is 85.9 Å². The minimum atomic E-state index is -0.659. The van der Waals surface area contributed by atoms with Gasteiger partial charge in [-0.05, 0) is 53.9 Å². The van der Waals surface area contributed by atoms with Gasteiger partial charge in [0.05, 0.1) is 38.1 Å². The summed E-state index contributed by atoms with van der Waals surface area (Å²) in [5, 5.41) is 5.56. The summed E-state index contributed by atoms with van der Waals surface area (Å²) in [5.74, 6) is 0.891. The first kappa shape index (κ1) is 21.2. The van der Waals surface area contributed by atoms with Crippen molar-refractivity contribution in [3.8, 4) is 11.5 Å². The standard InChI is InChI=1S/C23H26N2O5/c1-4-5-14-30-18-12-8-16(9-13-18)21-19(22(26)29-3)20(24-23(27)25-21)15-6-10-17(28-2)11-7-15/h6-13,21H,4-5,14H2,1-3H3,(H2,24,25,27). The maximum atomic E-state index is 12.7. The molecular formula is C23H26N2O5. The number of unbranched alkanes of at least 4 members (excludes halogenated alkanes) is 1.